The van der Waals surface area contributed by atoms with E-state index in [9.17, 15) is 13.2 Å². The molecule has 0 fully saturated rings. The molecule has 20 heavy (non-hydrogen) atoms. The third-order valence-electron chi connectivity index (χ3n) is 2.82. The Hall–Kier alpha value is -0.990. The number of hydrogen-bond acceptors (Lipinski definition) is 1. The van der Waals surface area contributed by atoms with E-state index in [2.05, 4.69) is 33.1 Å². The van der Waals surface area contributed by atoms with Crippen LogP contribution >= 0.6 is 15.9 Å². The number of rotatable bonds is 5. The molecule has 0 aromatic heterocycles. The molecule has 0 heterocycles. The van der Waals surface area contributed by atoms with Crippen molar-refractivity contribution in [1.29, 1.82) is 0 Å². The quantitative estimate of drug-likeness (QED) is 0.745. The van der Waals surface area contributed by atoms with Crippen molar-refractivity contribution >= 4 is 15.9 Å². The third kappa shape index (κ3) is 4.84. The molecule has 0 radical (unpaired) electrons. The summed E-state index contributed by atoms with van der Waals surface area (Å²) in [6.07, 6.45) is -3.15. The molecule has 1 N–H and O–H groups in total. The maximum atomic E-state index is 13.1. The molecule has 0 saturated heterocycles. The standard InChI is InChI=1S/C15H17BrF3N/c1-3-5-6-14(20-9-4-2)12-8-7-11(16)10-13(12)15(17,18)19/h7-8,10,14,20H,4,6,9H2,1-2H3. The van der Waals surface area contributed by atoms with Crippen LogP contribution in [-0.2, 0) is 6.18 Å². The zero-order valence-corrected chi connectivity index (χ0v) is 13.0. The first kappa shape index (κ1) is 17.1. The van der Waals surface area contributed by atoms with E-state index in [1.165, 1.54) is 6.07 Å². The van der Waals surface area contributed by atoms with Crippen LogP contribution in [0.25, 0.3) is 0 Å². The molecule has 0 spiro atoms. The highest BCUT2D eigenvalue weighted by atomic mass is 79.9. The predicted molar refractivity (Wildman–Crippen MR) is 78.2 cm³/mol. The Morgan fingerprint density at radius 3 is 2.60 bits per heavy atom. The van der Waals surface area contributed by atoms with Gasteiger partial charge in [-0.3, -0.25) is 0 Å². The van der Waals surface area contributed by atoms with Gasteiger partial charge in [0, 0.05) is 16.9 Å². The van der Waals surface area contributed by atoms with E-state index >= 15 is 0 Å². The Balaban J connectivity index is 3.19. The van der Waals surface area contributed by atoms with Gasteiger partial charge in [0.25, 0.3) is 0 Å². The van der Waals surface area contributed by atoms with Crippen molar-refractivity contribution in [3.8, 4) is 11.8 Å². The Bertz CT molecular complexity index is 500. The summed E-state index contributed by atoms with van der Waals surface area (Å²) in [4.78, 5) is 0. The third-order valence-corrected chi connectivity index (χ3v) is 3.31. The van der Waals surface area contributed by atoms with Crippen LogP contribution in [0, 0.1) is 11.8 Å². The van der Waals surface area contributed by atoms with Gasteiger partial charge in [-0.25, -0.2) is 0 Å². The molecular formula is C15H17BrF3N. The van der Waals surface area contributed by atoms with Crippen LogP contribution in [0.2, 0.25) is 0 Å². The number of benzene rings is 1. The zero-order valence-electron chi connectivity index (χ0n) is 11.4. The fraction of sp³-hybridized carbons (Fsp3) is 0.467. The smallest absolute Gasteiger partial charge is 0.309 e. The monoisotopic (exact) mass is 347 g/mol. The topological polar surface area (TPSA) is 12.0 Å². The molecule has 1 nitrogen and oxygen atoms in total. The Labute approximate surface area is 126 Å². The first-order chi connectivity index (χ1) is 9.40. The summed E-state index contributed by atoms with van der Waals surface area (Å²) in [6, 6.07) is 3.85. The van der Waals surface area contributed by atoms with Crippen LogP contribution in [0.3, 0.4) is 0 Å². The Morgan fingerprint density at radius 1 is 1.35 bits per heavy atom. The van der Waals surface area contributed by atoms with Crippen molar-refractivity contribution in [1.82, 2.24) is 5.32 Å². The molecular weight excluding hydrogens is 331 g/mol. The van der Waals surface area contributed by atoms with Crippen LogP contribution in [-0.4, -0.2) is 6.54 Å². The van der Waals surface area contributed by atoms with Crippen molar-refractivity contribution in [2.75, 3.05) is 6.54 Å². The fourth-order valence-corrected chi connectivity index (χ4v) is 2.25. The molecule has 1 rings (SSSR count). The Kier molecular flexibility index (Phi) is 6.57. The zero-order chi connectivity index (χ0) is 15.2. The molecule has 1 aromatic carbocycles. The largest absolute Gasteiger partial charge is 0.416 e. The first-order valence-electron chi connectivity index (χ1n) is 6.39. The molecule has 0 amide bonds. The van der Waals surface area contributed by atoms with Gasteiger partial charge in [-0.05, 0) is 37.6 Å². The molecule has 0 bridgehead atoms. The van der Waals surface area contributed by atoms with Crippen molar-refractivity contribution in [2.45, 2.75) is 38.9 Å². The predicted octanol–water partition coefficient (Wildman–Crippen LogP) is 4.92. The van der Waals surface area contributed by atoms with E-state index in [0.29, 0.717) is 17.4 Å². The van der Waals surface area contributed by atoms with Gasteiger partial charge in [0.2, 0.25) is 0 Å². The number of halogens is 4. The van der Waals surface area contributed by atoms with Gasteiger partial charge >= 0.3 is 6.18 Å². The summed E-state index contributed by atoms with van der Waals surface area (Å²) in [5.74, 6) is 5.59. The van der Waals surface area contributed by atoms with E-state index < -0.39 is 17.8 Å². The molecule has 0 aliphatic carbocycles. The fourth-order valence-electron chi connectivity index (χ4n) is 1.89. The van der Waals surface area contributed by atoms with E-state index in [-0.39, 0.29) is 5.56 Å². The molecule has 1 aromatic rings. The lowest BCUT2D eigenvalue weighted by Gasteiger charge is -2.21. The van der Waals surface area contributed by atoms with Gasteiger partial charge in [-0.2, -0.15) is 13.2 Å². The highest BCUT2D eigenvalue weighted by molar-refractivity contribution is 9.10. The summed E-state index contributed by atoms with van der Waals surface area (Å²) in [5, 5.41) is 3.13. The van der Waals surface area contributed by atoms with Crippen LogP contribution in [0.1, 0.15) is 43.9 Å². The average Bonchev–Trinajstić information content (AvgIpc) is 2.38. The highest BCUT2D eigenvalue weighted by Crippen LogP contribution is 2.37. The SMILES string of the molecule is CC#CCC(NCCC)c1ccc(Br)cc1C(F)(F)F. The van der Waals surface area contributed by atoms with E-state index in [1.54, 1.807) is 13.0 Å². The molecule has 1 atom stereocenters. The van der Waals surface area contributed by atoms with Gasteiger partial charge in [-0.1, -0.05) is 28.9 Å². The minimum absolute atomic E-state index is 0.247. The summed E-state index contributed by atoms with van der Waals surface area (Å²) in [7, 11) is 0. The lowest BCUT2D eigenvalue weighted by atomic mass is 9.97. The number of alkyl halides is 3. The van der Waals surface area contributed by atoms with Crippen molar-refractivity contribution < 1.29 is 13.2 Å². The highest BCUT2D eigenvalue weighted by Gasteiger charge is 2.35. The lowest BCUT2D eigenvalue weighted by molar-refractivity contribution is -0.138. The van der Waals surface area contributed by atoms with Crippen molar-refractivity contribution in [3.05, 3.63) is 33.8 Å². The summed E-state index contributed by atoms with van der Waals surface area (Å²) in [6.45, 7) is 4.31. The minimum Gasteiger partial charge on any atom is -0.309 e. The van der Waals surface area contributed by atoms with Crippen LogP contribution in [0.4, 0.5) is 13.2 Å². The molecule has 5 heteroatoms. The summed E-state index contributed by atoms with van der Waals surface area (Å²) < 4.78 is 39.9. The van der Waals surface area contributed by atoms with E-state index in [0.717, 1.165) is 12.5 Å². The summed E-state index contributed by atoms with van der Waals surface area (Å²) >= 11 is 3.09. The van der Waals surface area contributed by atoms with E-state index in [4.69, 9.17) is 0 Å². The van der Waals surface area contributed by atoms with Gasteiger partial charge in [-0.15, -0.1) is 11.8 Å². The van der Waals surface area contributed by atoms with Crippen molar-refractivity contribution in [2.24, 2.45) is 0 Å². The maximum absolute atomic E-state index is 13.1. The van der Waals surface area contributed by atoms with Gasteiger partial charge < -0.3 is 5.32 Å². The van der Waals surface area contributed by atoms with Gasteiger partial charge in [0.1, 0.15) is 0 Å². The molecule has 110 valence electrons. The van der Waals surface area contributed by atoms with Crippen molar-refractivity contribution in [3.63, 3.8) is 0 Å². The molecule has 0 aliphatic heterocycles. The second kappa shape index (κ2) is 7.70. The minimum atomic E-state index is -4.37. The molecule has 0 saturated carbocycles. The van der Waals surface area contributed by atoms with Crippen LogP contribution in [0.15, 0.2) is 22.7 Å². The second-order valence-corrected chi connectivity index (χ2v) is 5.28. The number of hydrogen-bond donors (Lipinski definition) is 1. The summed E-state index contributed by atoms with van der Waals surface area (Å²) in [5.41, 5.74) is -0.365. The van der Waals surface area contributed by atoms with E-state index in [1.807, 2.05) is 6.92 Å². The van der Waals surface area contributed by atoms with Gasteiger partial charge in [0.05, 0.1) is 5.56 Å². The molecule has 0 aliphatic rings. The normalized spacial score (nSPS) is 12.7. The lowest BCUT2D eigenvalue weighted by Crippen LogP contribution is -2.24. The van der Waals surface area contributed by atoms with Crippen LogP contribution < -0.4 is 5.32 Å². The second-order valence-electron chi connectivity index (χ2n) is 4.37. The number of nitrogens with one attached hydrogen (secondary N) is 1. The molecule has 1 unspecified atom stereocenters. The van der Waals surface area contributed by atoms with Gasteiger partial charge in [0.15, 0.2) is 0 Å². The average molecular weight is 348 g/mol. The van der Waals surface area contributed by atoms with Crippen LogP contribution in [0.5, 0.6) is 0 Å². The maximum Gasteiger partial charge on any atom is 0.416 e. The Morgan fingerprint density at radius 2 is 2.05 bits per heavy atom. The first-order valence-corrected chi connectivity index (χ1v) is 7.19.